The number of hydrogen-bond donors (Lipinski definition) is 3. The van der Waals surface area contributed by atoms with E-state index in [1.165, 1.54) is 0 Å². The third-order valence-electron chi connectivity index (χ3n) is 3.94. The van der Waals surface area contributed by atoms with Gasteiger partial charge in [-0.15, -0.1) is 24.0 Å². The van der Waals surface area contributed by atoms with E-state index in [1.807, 2.05) is 32.0 Å². The fourth-order valence-corrected chi connectivity index (χ4v) is 2.25. The summed E-state index contributed by atoms with van der Waals surface area (Å²) in [7, 11) is 1.62. The number of hydrogen-bond acceptors (Lipinski definition) is 4. The van der Waals surface area contributed by atoms with Crippen molar-refractivity contribution < 1.29 is 14.6 Å². The summed E-state index contributed by atoms with van der Waals surface area (Å²) in [6.07, 6.45) is 2.09. The van der Waals surface area contributed by atoms with Crippen LogP contribution in [0.4, 0.5) is 5.69 Å². The molecule has 0 heterocycles. The van der Waals surface area contributed by atoms with Crippen molar-refractivity contribution in [2.45, 2.75) is 26.7 Å². The van der Waals surface area contributed by atoms with E-state index in [4.69, 9.17) is 9.47 Å². The molecule has 0 spiro atoms. The molecule has 1 saturated carbocycles. The van der Waals surface area contributed by atoms with E-state index in [2.05, 4.69) is 15.6 Å². The van der Waals surface area contributed by atoms with Gasteiger partial charge in [-0.3, -0.25) is 4.99 Å². The minimum absolute atomic E-state index is 0. The highest BCUT2D eigenvalue weighted by Gasteiger charge is 2.41. The Bertz CT molecular complexity index is 548. The molecule has 1 aromatic rings. The highest BCUT2D eigenvalue weighted by atomic mass is 127. The molecule has 6 nitrogen and oxygen atoms in total. The topological polar surface area (TPSA) is 75.1 Å². The molecule has 0 unspecified atom stereocenters. The molecule has 0 bridgehead atoms. The maximum atomic E-state index is 9.40. The van der Waals surface area contributed by atoms with Crippen LogP contribution in [0.25, 0.3) is 0 Å². The average Bonchev–Trinajstić information content (AvgIpc) is 3.35. The van der Waals surface area contributed by atoms with Gasteiger partial charge < -0.3 is 25.2 Å². The highest BCUT2D eigenvalue weighted by Crippen LogP contribution is 2.45. The van der Waals surface area contributed by atoms with Crippen molar-refractivity contribution in [3.05, 3.63) is 18.2 Å². The van der Waals surface area contributed by atoms with Crippen LogP contribution in [0.2, 0.25) is 0 Å². The Morgan fingerprint density at radius 1 is 1.29 bits per heavy atom. The zero-order valence-electron chi connectivity index (χ0n) is 14.6. The Morgan fingerprint density at radius 2 is 2.04 bits per heavy atom. The normalized spacial score (nSPS) is 15.2. The molecule has 7 heteroatoms. The van der Waals surface area contributed by atoms with E-state index in [9.17, 15) is 5.11 Å². The molecule has 0 saturated heterocycles. The maximum Gasteiger partial charge on any atom is 0.195 e. The molecular formula is C17H28IN3O3. The van der Waals surface area contributed by atoms with Crippen LogP contribution in [0.5, 0.6) is 11.5 Å². The van der Waals surface area contributed by atoms with Gasteiger partial charge in [-0.2, -0.15) is 0 Å². The minimum atomic E-state index is -0.00113. The second-order valence-corrected chi connectivity index (χ2v) is 5.78. The van der Waals surface area contributed by atoms with Gasteiger partial charge in [0.25, 0.3) is 0 Å². The number of aliphatic hydroxyl groups excluding tert-OH is 1. The molecule has 1 aliphatic rings. The van der Waals surface area contributed by atoms with Crippen molar-refractivity contribution in [1.82, 2.24) is 5.32 Å². The van der Waals surface area contributed by atoms with Crippen LogP contribution in [0.15, 0.2) is 23.2 Å². The fraction of sp³-hybridized carbons (Fsp3) is 0.588. The summed E-state index contributed by atoms with van der Waals surface area (Å²) in [4.78, 5) is 4.59. The number of methoxy groups -OCH3 is 1. The van der Waals surface area contributed by atoms with Gasteiger partial charge in [0, 0.05) is 23.7 Å². The molecule has 0 aromatic heterocycles. The summed E-state index contributed by atoms with van der Waals surface area (Å²) in [5, 5.41) is 15.9. The third-order valence-corrected chi connectivity index (χ3v) is 3.94. The Balaban J connectivity index is 0.00000288. The van der Waals surface area contributed by atoms with Gasteiger partial charge in [0.2, 0.25) is 0 Å². The van der Waals surface area contributed by atoms with Crippen LogP contribution in [-0.2, 0) is 0 Å². The molecule has 0 radical (unpaired) electrons. The lowest BCUT2D eigenvalue weighted by atomic mass is 10.1. The number of nitrogens with zero attached hydrogens (tertiary/aromatic N) is 1. The monoisotopic (exact) mass is 449 g/mol. The molecule has 0 amide bonds. The van der Waals surface area contributed by atoms with Crippen molar-refractivity contribution in [3.63, 3.8) is 0 Å². The van der Waals surface area contributed by atoms with Gasteiger partial charge in [0.1, 0.15) is 0 Å². The van der Waals surface area contributed by atoms with Gasteiger partial charge in [-0.25, -0.2) is 0 Å². The highest BCUT2D eigenvalue weighted by molar-refractivity contribution is 14.0. The number of rotatable bonds is 8. The summed E-state index contributed by atoms with van der Waals surface area (Å²) >= 11 is 0. The zero-order chi connectivity index (χ0) is 16.7. The van der Waals surface area contributed by atoms with Crippen LogP contribution in [0, 0.1) is 5.41 Å². The summed E-state index contributed by atoms with van der Waals surface area (Å²) in [6, 6.07) is 5.69. The summed E-state index contributed by atoms with van der Waals surface area (Å²) in [5.74, 6) is 2.11. The molecule has 0 atom stereocenters. The van der Waals surface area contributed by atoms with Gasteiger partial charge in [-0.1, -0.05) is 0 Å². The van der Waals surface area contributed by atoms with E-state index in [0.29, 0.717) is 24.9 Å². The molecular weight excluding hydrogens is 421 g/mol. The molecule has 1 fully saturated rings. The Morgan fingerprint density at radius 3 is 2.58 bits per heavy atom. The van der Waals surface area contributed by atoms with Crippen molar-refractivity contribution in [2.24, 2.45) is 10.4 Å². The molecule has 0 aliphatic heterocycles. The van der Waals surface area contributed by atoms with Gasteiger partial charge >= 0.3 is 0 Å². The first-order valence-corrected chi connectivity index (χ1v) is 8.13. The molecule has 1 aliphatic carbocycles. The third kappa shape index (κ3) is 5.70. The lowest BCUT2D eigenvalue weighted by molar-refractivity contribution is 0.217. The van der Waals surface area contributed by atoms with Crippen LogP contribution in [-0.4, -0.2) is 44.5 Å². The maximum absolute atomic E-state index is 9.40. The second-order valence-electron chi connectivity index (χ2n) is 5.78. The smallest absolute Gasteiger partial charge is 0.195 e. The number of halogens is 1. The first-order chi connectivity index (χ1) is 11.2. The van der Waals surface area contributed by atoms with E-state index < -0.39 is 0 Å². The van der Waals surface area contributed by atoms with Crippen molar-refractivity contribution in [3.8, 4) is 11.5 Å². The number of benzene rings is 1. The number of ether oxygens (including phenoxy) is 2. The molecule has 2 rings (SSSR count). The van der Waals surface area contributed by atoms with Gasteiger partial charge in [0.15, 0.2) is 17.5 Å². The first-order valence-electron chi connectivity index (χ1n) is 8.13. The predicted octanol–water partition coefficient (Wildman–Crippen LogP) is 2.86. The van der Waals surface area contributed by atoms with Crippen molar-refractivity contribution >= 4 is 35.6 Å². The number of nitrogens with one attached hydrogen (secondary N) is 2. The van der Waals surface area contributed by atoms with Crippen molar-refractivity contribution in [1.29, 1.82) is 0 Å². The Labute approximate surface area is 161 Å². The zero-order valence-corrected chi connectivity index (χ0v) is 16.9. The predicted molar refractivity (Wildman–Crippen MR) is 108 cm³/mol. The van der Waals surface area contributed by atoms with E-state index >= 15 is 0 Å². The average molecular weight is 449 g/mol. The quantitative estimate of drug-likeness (QED) is 0.324. The van der Waals surface area contributed by atoms with E-state index in [-0.39, 0.29) is 36.0 Å². The summed E-state index contributed by atoms with van der Waals surface area (Å²) < 4.78 is 10.9. The Kier molecular flexibility index (Phi) is 8.61. The number of aliphatic hydroxyl groups is 1. The number of anilines is 1. The molecule has 3 N–H and O–H groups in total. The van der Waals surface area contributed by atoms with Crippen LogP contribution in [0.3, 0.4) is 0 Å². The van der Waals surface area contributed by atoms with Crippen LogP contribution >= 0.6 is 24.0 Å². The summed E-state index contributed by atoms with van der Waals surface area (Å²) in [6.45, 7) is 6.16. The fourth-order valence-electron chi connectivity index (χ4n) is 2.25. The van der Waals surface area contributed by atoms with E-state index in [0.717, 1.165) is 30.8 Å². The SMILES string of the molecule is CCNC(=NCC1(CO)CC1)Nc1ccc(OCC)c(OC)c1.I. The lowest BCUT2D eigenvalue weighted by Gasteiger charge is -2.15. The van der Waals surface area contributed by atoms with Crippen LogP contribution < -0.4 is 20.1 Å². The van der Waals surface area contributed by atoms with Gasteiger partial charge in [0.05, 0.1) is 26.9 Å². The molecule has 24 heavy (non-hydrogen) atoms. The van der Waals surface area contributed by atoms with Crippen LogP contribution in [0.1, 0.15) is 26.7 Å². The second kappa shape index (κ2) is 9.93. The standard InChI is InChI=1S/C17H27N3O3.HI/c1-4-18-16(19-11-17(12-21)8-9-17)20-13-6-7-14(23-5-2)15(10-13)22-3;/h6-7,10,21H,4-5,8-9,11-12H2,1-3H3,(H2,18,19,20);1H. The van der Waals surface area contributed by atoms with Crippen molar-refractivity contribution in [2.75, 3.05) is 38.7 Å². The van der Waals surface area contributed by atoms with Gasteiger partial charge in [-0.05, 0) is 38.8 Å². The molecule has 136 valence electrons. The summed E-state index contributed by atoms with van der Waals surface area (Å²) in [5.41, 5.74) is 0.873. The number of guanidine groups is 1. The van der Waals surface area contributed by atoms with E-state index in [1.54, 1.807) is 7.11 Å². The lowest BCUT2D eigenvalue weighted by Crippen LogP contribution is -2.31. The number of aliphatic imine (C=N–C) groups is 1. The minimum Gasteiger partial charge on any atom is -0.493 e. The molecule has 1 aromatic carbocycles. The Hall–Kier alpha value is -1.22. The first kappa shape index (κ1) is 20.8. The largest absolute Gasteiger partial charge is 0.493 e.